The lowest BCUT2D eigenvalue weighted by Gasteiger charge is -2.42. The molecule has 3 heteroatoms. The van der Waals surface area contributed by atoms with Crippen molar-refractivity contribution in [3.05, 3.63) is 0 Å². The van der Waals surface area contributed by atoms with Crippen LogP contribution in [0.3, 0.4) is 0 Å². The number of ether oxygens (including phenoxy) is 2. The van der Waals surface area contributed by atoms with Crippen LogP contribution in [0.5, 0.6) is 0 Å². The van der Waals surface area contributed by atoms with E-state index < -0.39 is 0 Å². The maximum atomic E-state index is 5.83. The normalized spacial score (nSPS) is 30.0. The predicted octanol–water partition coefficient (Wildman–Crippen LogP) is 3.33. The Labute approximate surface area is 117 Å². The van der Waals surface area contributed by atoms with E-state index in [2.05, 4.69) is 11.9 Å². The number of hydrogen-bond acceptors (Lipinski definition) is 3. The molecule has 2 saturated carbocycles. The molecule has 3 nitrogen and oxygen atoms in total. The van der Waals surface area contributed by atoms with E-state index in [-0.39, 0.29) is 5.79 Å². The Bertz CT molecular complexity index is 270. The van der Waals surface area contributed by atoms with E-state index in [0.29, 0.717) is 0 Å². The Kier molecular flexibility index (Phi) is 4.45. The van der Waals surface area contributed by atoms with Gasteiger partial charge in [-0.1, -0.05) is 25.7 Å². The first kappa shape index (κ1) is 13.8. The van der Waals surface area contributed by atoms with Crippen molar-refractivity contribution in [2.75, 3.05) is 20.3 Å². The highest BCUT2D eigenvalue weighted by Crippen LogP contribution is 2.38. The molecule has 2 aliphatic carbocycles. The van der Waals surface area contributed by atoms with Crippen molar-refractivity contribution in [2.45, 2.75) is 82.1 Å². The van der Waals surface area contributed by atoms with Crippen LogP contribution in [0.1, 0.15) is 64.2 Å². The fourth-order valence-corrected chi connectivity index (χ4v) is 4.20. The summed E-state index contributed by atoms with van der Waals surface area (Å²) < 4.78 is 11.7. The molecule has 0 unspecified atom stereocenters. The minimum absolute atomic E-state index is 0.194. The molecule has 0 N–H and O–H groups in total. The molecule has 1 aliphatic heterocycles. The molecule has 0 aromatic heterocycles. The van der Waals surface area contributed by atoms with E-state index in [1.807, 2.05) is 0 Å². The van der Waals surface area contributed by atoms with Crippen LogP contribution in [0.25, 0.3) is 0 Å². The summed E-state index contributed by atoms with van der Waals surface area (Å²) in [6.45, 7) is 1.59. The fourth-order valence-electron chi connectivity index (χ4n) is 4.20. The lowest BCUT2D eigenvalue weighted by atomic mass is 9.88. The number of rotatable bonds is 2. The summed E-state index contributed by atoms with van der Waals surface area (Å²) >= 11 is 0. The SMILES string of the molecule is CN(C1CCCCCC1)C1CCC2(CC1)OCCO2. The quantitative estimate of drug-likeness (QED) is 0.716. The van der Waals surface area contributed by atoms with Crippen LogP contribution in [0.4, 0.5) is 0 Å². The van der Waals surface area contributed by atoms with Gasteiger partial charge in [0.1, 0.15) is 0 Å². The van der Waals surface area contributed by atoms with Gasteiger partial charge in [0.05, 0.1) is 13.2 Å². The van der Waals surface area contributed by atoms with Crippen LogP contribution in [-0.2, 0) is 9.47 Å². The topological polar surface area (TPSA) is 21.7 Å². The smallest absolute Gasteiger partial charge is 0.168 e. The average molecular weight is 267 g/mol. The summed E-state index contributed by atoms with van der Waals surface area (Å²) in [5.41, 5.74) is 0. The highest BCUT2D eigenvalue weighted by molar-refractivity contribution is 4.88. The van der Waals surface area contributed by atoms with Gasteiger partial charge in [0.2, 0.25) is 0 Å². The second-order valence-corrected chi connectivity index (χ2v) is 6.65. The second kappa shape index (κ2) is 6.11. The summed E-state index contributed by atoms with van der Waals surface area (Å²) in [5.74, 6) is -0.194. The van der Waals surface area contributed by atoms with E-state index in [1.54, 1.807) is 0 Å². The van der Waals surface area contributed by atoms with Crippen LogP contribution in [0, 0.1) is 0 Å². The summed E-state index contributed by atoms with van der Waals surface area (Å²) in [6, 6.07) is 1.58. The van der Waals surface area contributed by atoms with E-state index in [0.717, 1.165) is 38.1 Å². The maximum Gasteiger partial charge on any atom is 0.168 e. The van der Waals surface area contributed by atoms with E-state index in [1.165, 1.54) is 51.4 Å². The molecular weight excluding hydrogens is 238 g/mol. The lowest BCUT2D eigenvalue weighted by molar-refractivity contribution is -0.184. The van der Waals surface area contributed by atoms with E-state index >= 15 is 0 Å². The Morgan fingerprint density at radius 3 is 1.89 bits per heavy atom. The molecule has 1 heterocycles. The van der Waals surface area contributed by atoms with Gasteiger partial charge in [0, 0.05) is 24.9 Å². The molecule has 1 spiro atoms. The molecule has 3 fully saturated rings. The van der Waals surface area contributed by atoms with Crippen LogP contribution >= 0.6 is 0 Å². The van der Waals surface area contributed by atoms with Crippen molar-refractivity contribution < 1.29 is 9.47 Å². The van der Waals surface area contributed by atoms with Gasteiger partial charge in [-0.3, -0.25) is 0 Å². The molecule has 0 radical (unpaired) electrons. The second-order valence-electron chi connectivity index (χ2n) is 6.65. The van der Waals surface area contributed by atoms with Gasteiger partial charge >= 0.3 is 0 Å². The van der Waals surface area contributed by atoms with Crippen molar-refractivity contribution >= 4 is 0 Å². The molecular formula is C16H29NO2. The molecule has 3 aliphatic rings. The summed E-state index contributed by atoms with van der Waals surface area (Å²) in [7, 11) is 2.36. The Balaban J connectivity index is 1.52. The van der Waals surface area contributed by atoms with Crippen molar-refractivity contribution in [2.24, 2.45) is 0 Å². The first-order chi connectivity index (χ1) is 9.29. The molecule has 0 aromatic carbocycles. The molecule has 3 rings (SSSR count). The van der Waals surface area contributed by atoms with Crippen molar-refractivity contribution in [1.29, 1.82) is 0 Å². The minimum atomic E-state index is -0.194. The van der Waals surface area contributed by atoms with Crippen molar-refractivity contribution in [1.82, 2.24) is 4.90 Å². The Morgan fingerprint density at radius 2 is 1.32 bits per heavy atom. The molecule has 19 heavy (non-hydrogen) atoms. The molecule has 0 bridgehead atoms. The summed E-state index contributed by atoms with van der Waals surface area (Å²) in [5, 5.41) is 0. The van der Waals surface area contributed by atoms with Gasteiger partial charge < -0.3 is 14.4 Å². The van der Waals surface area contributed by atoms with Crippen LogP contribution in [-0.4, -0.2) is 43.0 Å². The third kappa shape index (κ3) is 3.14. The van der Waals surface area contributed by atoms with Gasteiger partial charge in [-0.05, 0) is 32.7 Å². The number of hydrogen-bond donors (Lipinski definition) is 0. The van der Waals surface area contributed by atoms with Crippen LogP contribution in [0.15, 0.2) is 0 Å². The standard InChI is InChI=1S/C16H29NO2/c1-17(14-6-4-2-3-5-7-14)15-8-10-16(11-9-15)18-12-13-19-16/h14-15H,2-13H2,1H3. The largest absolute Gasteiger partial charge is 0.348 e. The van der Waals surface area contributed by atoms with Gasteiger partial charge in [-0.2, -0.15) is 0 Å². The fraction of sp³-hybridized carbons (Fsp3) is 1.00. The molecule has 0 amide bonds. The van der Waals surface area contributed by atoms with Crippen LogP contribution < -0.4 is 0 Å². The first-order valence-electron chi connectivity index (χ1n) is 8.29. The third-order valence-corrected chi connectivity index (χ3v) is 5.51. The van der Waals surface area contributed by atoms with E-state index in [4.69, 9.17) is 9.47 Å². The minimum Gasteiger partial charge on any atom is -0.348 e. The first-order valence-corrected chi connectivity index (χ1v) is 8.29. The number of nitrogens with zero attached hydrogens (tertiary/aromatic N) is 1. The summed E-state index contributed by atoms with van der Waals surface area (Å²) in [6.07, 6.45) is 13.2. The molecule has 0 atom stereocenters. The lowest BCUT2D eigenvalue weighted by Crippen LogP contribution is -2.46. The maximum absolute atomic E-state index is 5.83. The van der Waals surface area contributed by atoms with Gasteiger partial charge in [0.25, 0.3) is 0 Å². The third-order valence-electron chi connectivity index (χ3n) is 5.51. The Hall–Kier alpha value is -0.120. The van der Waals surface area contributed by atoms with E-state index in [9.17, 15) is 0 Å². The molecule has 1 saturated heterocycles. The predicted molar refractivity (Wildman–Crippen MR) is 76.1 cm³/mol. The van der Waals surface area contributed by atoms with Crippen molar-refractivity contribution in [3.8, 4) is 0 Å². The van der Waals surface area contributed by atoms with Gasteiger partial charge in [0.15, 0.2) is 5.79 Å². The highest BCUT2D eigenvalue weighted by atomic mass is 16.7. The van der Waals surface area contributed by atoms with Gasteiger partial charge in [-0.25, -0.2) is 0 Å². The Morgan fingerprint density at radius 1 is 0.789 bits per heavy atom. The summed E-state index contributed by atoms with van der Waals surface area (Å²) in [4.78, 5) is 2.69. The van der Waals surface area contributed by atoms with Gasteiger partial charge in [-0.15, -0.1) is 0 Å². The monoisotopic (exact) mass is 267 g/mol. The zero-order valence-corrected chi connectivity index (χ0v) is 12.4. The van der Waals surface area contributed by atoms with Crippen LogP contribution in [0.2, 0.25) is 0 Å². The highest BCUT2D eigenvalue weighted by Gasteiger charge is 2.41. The average Bonchev–Trinajstić information content (AvgIpc) is 2.73. The van der Waals surface area contributed by atoms with Crippen molar-refractivity contribution in [3.63, 3.8) is 0 Å². The zero-order chi connectivity index (χ0) is 13.1. The molecule has 0 aromatic rings. The zero-order valence-electron chi connectivity index (χ0n) is 12.4. The molecule has 110 valence electrons.